The quantitative estimate of drug-likeness (QED) is 0.596. The average molecular weight is 423 g/mol. The van der Waals surface area contributed by atoms with E-state index < -0.39 is 10.0 Å². The van der Waals surface area contributed by atoms with Crippen LogP contribution in [0.1, 0.15) is 12.5 Å². The number of hydrogen-bond acceptors (Lipinski definition) is 5. The van der Waals surface area contributed by atoms with Gasteiger partial charge in [-0.2, -0.15) is 0 Å². The van der Waals surface area contributed by atoms with Crippen LogP contribution in [0, 0.1) is 0 Å². The number of nitrogens with one attached hydrogen (secondary N) is 1. The van der Waals surface area contributed by atoms with Crippen LogP contribution in [0.25, 0.3) is 0 Å². The molecule has 0 aliphatic rings. The van der Waals surface area contributed by atoms with E-state index in [9.17, 15) is 13.2 Å². The number of amides is 1. The molecule has 0 aromatic heterocycles. The molecule has 1 atom stereocenters. The van der Waals surface area contributed by atoms with Gasteiger partial charge < -0.3 is 10.1 Å². The number of carbonyl (C=O) groups excluding carboxylic acids is 1. The van der Waals surface area contributed by atoms with Gasteiger partial charge in [0.25, 0.3) is 0 Å². The highest BCUT2D eigenvalue weighted by molar-refractivity contribution is 7.99. The minimum atomic E-state index is -3.45. The lowest BCUT2D eigenvalue weighted by atomic mass is 10.2. The normalized spacial score (nSPS) is 12.6. The molecule has 152 valence electrons. The third-order valence-corrected chi connectivity index (χ3v) is 7.03. The molecule has 0 aliphatic heterocycles. The molecule has 2 aromatic carbocycles. The second-order valence-electron chi connectivity index (χ2n) is 6.34. The van der Waals surface area contributed by atoms with Crippen molar-refractivity contribution in [2.45, 2.75) is 22.8 Å². The van der Waals surface area contributed by atoms with E-state index in [1.165, 1.54) is 31.8 Å². The van der Waals surface area contributed by atoms with Crippen molar-refractivity contribution in [2.24, 2.45) is 0 Å². The fraction of sp³-hybridized carbons (Fsp3) is 0.350. The first-order valence-electron chi connectivity index (χ1n) is 8.89. The van der Waals surface area contributed by atoms with Gasteiger partial charge in [0.1, 0.15) is 12.4 Å². The smallest absolute Gasteiger partial charge is 0.242 e. The second-order valence-corrected chi connectivity index (χ2v) is 9.82. The van der Waals surface area contributed by atoms with Gasteiger partial charge in [-0.1, -0.05) is 30.3 Å². The maximum Gasteiger partial charge on any atom is 0.242 e. The molecule has 1 N–H and O–H groups in total. The molecule has 0 fully saturated rings. The van der Waals surface area contributed by atoms with Crippen LogP contribution >= 0.6 is 11.8 Å². The summed E-state index contributed by atoms with van der Waals surface area (Å²) in [7, 11) is -0.471. The molecule has 28 heavy (non-hydrogen) atoms. The molecular weight excluding hydrogens is 396 g/mol. The third-order valence-electron chi connectivity index (χ3n) is 3.98. The van der Waals surface area contributed by atoms with E-state index in [1.54, 1.807) is 23.9 Å². The lowest BCUT2D eigenvalue weighted by Crippen LogP contribution is -2.34. The lowest BCUT2D eigenvalue weighted by Gasteiger charge is -2.13. The molecule has 8 heteroatoms. The fourth-order valence-electron chi connectivity index (χ4n) is 2.28. The zero-order valence-electron chi connectivity index (χ0n) is 16.3. The Hall–Kier alpha value is -2.03. The predicted molar refractivity (Wildman–Crippen MR) is 113 cm³/mol. The standard InChI is InChI=1S/C20H26N2O4S2/c1-16(27-15-17-7-5-4-6-8-17)20(23)21-13-14-26-18-9-11-19(12-10-18)28(24,25)22(2)3/h4-12,16H,13-15H2,1-3H3,(H,21,23). The molecule has 0 heterocycles. The summed E-state index contributed by atoms with van der Waals surface area (Å²) in [6.07, 6.45) is 0. The molecule has 0 radical (unpaired) electrons. The van der Waals surface area contributed by atoms with Crippen molar-refractivity contribution in [1.29, 1.82) is 0 Å². The van der Waals surface area contributed by atoms with Gasteiger partial charge in [-0.25, -0.2) is 12.7 Å². The SMILES string of the molecule is CC(SCc1ccccc1)C(=O)NCCOc1ccc(S(=O)(=O)N(C)C)cc1. The summed E-state index contributed by atoms with van der Waals surface area (Å²) in [4.78, 5) is 12.3. The van der Waals surface area contributed by atoms with E-state index in [1.807, 2.05) is 37.3 Å². The maximum absolute atomic E-state index is 12.1. The second kappa shape index (κ2) is 10.5. The molecule has 0 saturated carbocycles. The zero-order valence-corrected chi connectivity index (χ0v) is 17.9. The first kappa shape index (κ1) is 22.3. The van der Waals surface area contributed by atoms with E-state index in [-0.39, 0.29) is 16.1 Å². The molecule has 0 bridgehead atoms. The van der Waals surface area contributed by atoms with E-state index in [0.717, 1.165) is 10.1 Å². The molecule has 2 aromatic rings. The molecule has 0 spiro atoms. The highest BCUT2D eigenvalue weighted by atomic mass is 32.2. The Labute approximate surface area is 171 Å². The summed E-state index contributed by atoms with van der Waals surface area (Å²) in [5, 5.41) is 2.70. The number of rotatable bonds is 10. The van der Waals surface area contributed by atoms with Gasteiger partial charge in [0, 0.05) is 19.8 Å². The van der Waals surface area contributed by atoms with Crippen molar-refractivity contribution < 1.29 is 17.9 Å². The van der Waals surface area contributed by atoms with Gasteiger partial charge >= 0.3 is 0 Å². The maximum atomic E-state index is 12.1. The minimum Gasteiger partial charge on any atom is -0.492 e. The Morgan fingerprint density at radius 3 is 2.36 bits per heavy atom. The van der Waals surface area contributed by atoms with Crippen molar-refractivity contribution in [3.8, 4) is 5.75 Å². The van der Waals surface area contributed by atoms with Crippen LogP contribution in [0.3, 0.4) is 0 Å². The Kier molecular flexibility index (Phi) is 8.35. The molecule has 6 nitrogen and oxygen atoms in total. The number of thioether (sulfide) groups is 1. The van der Waals surface area contributed by atoms with Crippen molar-refractivity contribution in [1.82, 2.24) is 9.62 Å². The summed E-state index contributed by atoms with van der Waals surface area (Å²) < 4.78 is 30.8. The van der Waals surface area contributed by atoms with Crippen LogP contribution in [0.2, 0.25) is 0 Å². The fourth-order valence-corrected chi connectivity index (χ4v) is 4.05. The van der Waals surface area contributed by atoms with Gasteiger partial charge in [-0.05, 0) is 36.8 Å². The van der Waals surface area contributed by atoms with Gasteiger partial charge in [0.2, 0.25) is 15.9 Å². The van der Waals surface area contributed by atoms with Crippen molar-refractivity contribution >= 4 is 27.7 Å². The van der Waals surface area contributed by atoms with Gasteiger partial charge in [0.15, 0.2) is 0 Å². The van der Waals surface area contributed by atoms with Crippen LogP contribution < -0.4 is 10.1 Å². The highest BCUT2D eigenvalue weighted by Crippen LogP contribution is 2.19. The number of sulfonamides is 1. The van der Waals surface area contributed by atoms with Gasteiger partial charge in [0.05, 0.1) is 16.7 Å². The number of benzene rings is 2. The van der Waals surface area contributed by atoms with Crippen LogP contribution in [-0.2, 0) is 20.6 Å². The minimum absolute atomic E-state index is 0.0306. The summed E-state index contributed by atoms with van der Waals surface area (Å²) in [6, 6.07) is 16.3. The first-order valence-corrected chi connectivity index (χ1v) is 11.4. The number of carbonyl (C=O) groups is 1. The van der Waals surface area contributed by atoms with Crippen LogP contribution in [0.15, 0.2) is 59.5 Å². The topological polar surface area (TPSA) is 75.7 Å². The lowest BCUT2D eigenvalue weighted by molar-refractivity contribution is -0.120. The summed E-state index contributed by atoms with van der Waals surface area (Å²) in [6.45, 7) is 2.57. The van der Waals surface area contributed by atoms with Crippen molar-refractivity contribution in [2.75, 3.05) is 27.2 Å². The summed E-state index contributed by atoms with van der Waals surface area (Å²) in [5.74, 6) is 1.31. The van der Waals surface area contributed by atoms with Crippen LogP contribution in [-0.4, -0.2) is 51.1 Å². The zero-order chi connectivity index (χ0) is 20.6. The first-order chi connectivity index (χ1) is 13.3. The Bertz CT molecular complexity index is 854. The van der Waals surface area contributed by atoms with Crippen molar-refractivity contribution in [3.63, 3.8) is 0 Å². The van der Waals surface area contributed by atoms with E-state index >= 15 is 0 Å². The monoisotopic (exact) mass is 422 g/mol. The number of nitrogens with zero attached hydrogens (tertiary/aromatic N) is 1. The van der Waals surface area contributed by atoms with E-state index in [0.29, 0.717) is 18.9 Å². The molecular formula is C20H26N2O4S2. The van der Waals surface area contributed by atoms with E-state index in [4.69, 9.17) is 4.74 Å². The largest absolute Gasteiger partial charge is 0.492 e. The summed E-state index contributed by atoms with van der Waals surface area (Å²) in [5.41, 5.74) is 1.19. The average Bonchev–Trinajstić information content (AvgIpc) is 2.70. The Morgan fingerprint density at radius 1 is 1.11 bits per heavy atom. The van der Waals surface area contributed by atoms with Crippen LogP contribution in [0.5, 0.6) is 5.75 Å². The molecule has 1 unspecified atom stereocenters. The Morgan fingerprint density at radius 2 is 1.75 bits per heavy atom. The highest BCUT2D eigenvalue weighted by Gasteiger charge is 2.16. The third kappa shape index (κ3) is 6.54. The van der Waals surface area contributed by atoms with Gasteiger partial charge in [-0.3, -0.25) is 4.79 Å². The van der Waals surface area contributed by atoms with E-state index in [2.05, 4.69) is 5.32 Å². The molecule has 0 saturated heterocycles. The molecule has 0 aliphatic carbocycles. The van der Waals surface area contributed by atoms with Crippen LogP contribution in [0.4, 0.5) is 0 Å². The predicted octanol–water partition coefficient (Wildman–Crippen LogP) is 2.75. The summed E-state index contributed by atoms with van der Waals surface area (Å²) >= 11 is 1.58. The van der Waals surface area contributed by atoms with Crippen molar-refractivity contribution in [3.05, 3.63) is 60.2 Å². The number of ether oxygens (including phenoxy) is 1. The Balaban J connectivity index is 1.71. The number of hydrogen-bond donors (Lipinski definition) is 1. The molecule has 1 amide bonds. The van der Waals surface area contributed by atoms with Gasteiger partial charge in [-0.15, -0.1) is 11.8 Å². The molecule has 2 rings (SSSR count).